The number of nitrogens with one attached hydrogen (secondary N) is 1. The first-order valence-electron chi connectivity index (χ1n) is 9.06. The molecule has 0 saturated carbocycles. The molecule has 0 bridgehead atoms. The van der Waals surface area contributed by atoms with Crippen LogP contribution in [0, 0.1) is 11.8 Å². The lowest BCUT2D eigenvalue weighted by molar-refractivity contribution is -0.138. The number of aliphatic carboxylic acids is 1. The van der Waals surface area contributed by atoms with Crippen LogP contribution in [-0.2, 0) is 14.3 Å². The van der Waals surface area contributed by atoms with Crippen LogP contribution < -0.4 is 11.1 Å². The summed E-state index contributed by atoms with van der Waals surface area (Å²) in [6, 6.07) is -0.841. The summed E-state index contributed by atoms with van der Waals surface area (Å²) in [6.07, 6.45) is 7.52. The molecule has 2 atom stereocenters. The second-order valence-corrected chi connectivity index (χ2v) is 6.15. The molecule has 7 heteroatoms. The fourth-order valence-corrected chi connectivity index (χ4v) is 2.48. The summed E-state index contributed by atoms with van der Waals surface area (Å²) in [4.78, 5) is 22.1. The van der Waals surface area contributed by atoms with Crippen molar-refractivity contribution in [3.05, 3.63) is 0 Å². The summed E-state index contributed by atoms with van der Waals surface area (Å²) in [5, 5.41) is 11.3. The third kappa shape index (κ3) is 11.4. The predicted molar refractivity (Wildman–Crippen MR) is 94.0 cm³/mol. The molecule has 1 amide bonds. The topological polar surface area (TPSA) is 111 Å². The molecule has 25 heavy (non-hydrogen) atoms. The molecule has 7 nitrogen and oxygen atoms in total. The van der Waals surface area contributed by atoms with Crippen molar-refractivity contribution in [1.29, 1.82) is 0 Å². The molecule has 0 radical (unpaired) electrons. The van der Waals surface area contributed by atoms with Gasteiger partial charge in [-0.05, 0) is 32.1 Å². The van der Waals surface area contributed by atoms with E-state index in [0.29, 0.717) is 32.4 Å². The first kappa shape index (κ1) is 21.3. The monoisotopic (exact) mass is 354 g/mol. The van der Waals surface area contributed by atoms with E-state index in [0.717, 1.165) is 32.1 Å². The maximum Gasteiger partial charge on any atom is 0.407 e. The van der Waals surface area contributed by atoms with Gasteiger partial charge in [0.2, 0.25) is 0 Å². The van der Waals surface area contributed by atoms with E-state index in [1.807, 2.05) is 0 Å². The van der Waals surface area contributed by atoms with Crippen LogP contribution in [-0.4, -0.2) is 49.1 Å². The van der Waals surface area contributed by atoms with Crippen LogP contribution in [0.25, 0.3) is 0 Å². The summed E-state index contributed by atoms with van der Waals surface area (Å²) < 4.78 is 10.8. The molecule has 0 aliphatic heterocycles. The molecular formula is C18H30N2O5. The maximum absolute atomic E-state index is 11.5. The number of carboxylic acid groups (broad SMARTS) is 1. The smallest absolute Gasteiger partial charge is 0.407 e. The van der Waals surface area contributed by atoms with E-state index in [9.17, 15) is 9.59 Å². The zero-order chi connectivity index (χ0) is 18.3. The number of unbranched alkanes of at least 4 members (excludes halogenated alkanes) is 1. The van der Waals surface area contributed by atoms with Gasteiger partial charge < -0.3 is 25.6 Å². The first-order valence-corrected chi connectivity index (χ1v) is 9.06. The average molecular weight is 354 g/mol. The Kier molecular flexibility index (Phi) is 11.5. The molecule has 1 rings (SSSR count). The SMILES string of the molecule is NC(CCCCNC(=O)OCCOC1CC#CCCCCC1)C(=O)O. The van der Waals surface area contributed by atoms with E-state index in [1.54, 1.807) is 0 Å². The summed E-state index contributed by atoms with van der Waals surface area (Å²) in [5.41, 5.74) is 5.39. The lowest BCUT2D eigenvalue weighted by Crippen LogP contribution is -2.30. The van der Waals surface area contributed by atoms with Gasteiger partial charge >= 0.3 is 12.1 Å². The quantitative estimate of drug-likeness (QED) is 0.409. The Labute approximate surface area is 149 Å². The number of ether oxygens (including phenoxy) is 2. The van der Waals surface area contributed by atoms with Crippen molar-refractivity contribution in [2.24, 2.45) is 5.73 Å². The van der Waals surface area contributed by atoms with Crippen molar-refractivity contribution < 1.29 is 24.2 Å². The molecule has 0 saturated heterocycles. The molecule has 0 aromatic rings. The Morgan fingerprint density at radius 3 is 2.84 bits per heavy atom. The van der Waals surface area contributed by atoms with Gasteiger partial charge in [-0.2, -0.15) is 0 Å². The van der Waals surface area contributed by atoms with Crippen molar-refractivity contribution in [2.45, 2.75) is 69.9 Å². The van der Waals surface area contributed by atoms with Crippen LogP contribution in [0.4, 0.5) is 4.79 Å². The Balaban J connectivity index is 2.00. The highest BCUT2D eigenvalue weighted by Crippen LogP contribution is 2.12. The number of hydrogen-bond acceptors (Lipinski definition) is 5. The van der Waals surface area contributed by atoms with E-state index in [-0.39, 0.29) is 12.7 Å². The van der Waals surface area contributed by atoms with Gasteiger partial charge in [-0.1, -0.05) is 12.8 Å². The number of carbonyl (C=O) groups is 2. The van der Waals surface area contributed by atoms with Gasteiger partial charge in [0.1, 0.15) is 12.6 Å². The summed E-state index contributed by atoms with van der Waals surface area (Å²) in [5.74, 6) is 5.29. The normalized spacial score (nSPS) is 18.7. The average Bonchev–Trinajstić information content (AvgIpc) is 2.72. The summed E-state index contributed by atoms with van der Waals surface area (Å²) in [7, 11) is 0. The molecule has 1 aliphatic carbocycles. The Hall–Kier alpha value is -1.78. The molecule has 0 heterocycles. The van der Waals surface area contributed by atoms with E-state index >= 15 is 0 Å². The summed E-state index contributed by atoms with van der Waals surface area (Å²) in [6.45, 7) is 1.01. The van der Waals surface area contributed by atoms with Crippen molar-refractivity contribution >= 4 is 12.1 Å². The van der Waals surface area contributed by atoms with Crippen LogP contribution in [0.2, 0.25) is 0 Å². The van der Waals surface area contributed by atoms with Crippen molar-refractivity contribution in [2.75, 3.05) is 19.8 Å². The minimum absolute atomic E-state index is 0.121. The van der Waals surface area contributed by atoms with Crippen LogP contribution >= 0.6 is 0 Å². The number of amides is 1. The van der Waals surface area contributed by atoms with E-state index in [4.69, 9.17) is 20.3 Å². The highest BCUT2D eigenvalue weighted by atomic mass is 16.6. The van der Waals surface area contributed by atoms with Gasteiger partial charge in [-0.3, -0.25) is 4.79 Å². The van der Waals surface area contributed by atoms with Gasteiger partial charge in [0.05, 0.1) is 12.7 Å². The number of hydrogen-bond donors (Lipinski definition) is 3. The van der Waals surface area contributed by atoms with Gasteiger partial charge in [0.15, 0.2) is 0 Å². The number of rotatable bonds is 10. The highest BCUT2D eigenvalue weighted by Gasteiger charge is 2.11. The largest absolute Gasteiger partial charge is 0.480 e. The number of carbonyl (C=O) groups excluding carboxylic acids is 1. The van der Waals surface area contributed by atoms with Gasteiger partial charge in [0, 0.05) is 19.4 Å². The molecule has 0 spiro atoms. The van der Waals surface area contributed by atoms with Gasteiger partial charge in [-0.25, -0.2) is 4.79 Å². The third-order valence-electron chi connectivity index (χ3n) is 3.98. The Morgan fingerprint density at radius 2 is 2.04 bits per heavy atom. The van der Waals surface area contributed by atoms with Crippen LogP contribution in [0.5, 0.6) is 0 Å². The standard InChI is InChI=1S/C18H30N2O5/c19-16(17(21)22)11-7-8-12-20-18(23)25-14-13-24-15-9-5-3-1-2-4-6-10-15/h15-16H,1-3,5,7-14,19H2,(H,20,23)(H,21,22). The number of nitrogens with two attached hydrogens (primary N) is 1. The Morgan fingerprint density at radius 1 is 1.20 bits per heavy atom. The second kappa shape index (κ2) is 13.5. The maximum atomic E-state index is 11.5. The zero-order valence-corrected chi connectivity index (χ0v) is 14.8. The molecule has 0 aromatic carbocycles. The van der Waals surface area contributed by atoms with Gasteiger partial charge in [-0.15, -0.1) is 11.8 Å². The zero-order valence-electron chi connectivity index (χ0n) is 14.8. The molecule has 1 aliphatic rings. The fourth-order valence-electron chi connectivity index (χ4n) is 2.48. The van der Waals surface area contributed by atoms with Crippen LogP contribution in [0.1, 0.15) is 57.8 Å². The van der Waals surface area contributed by atoms with Crippen LogP contribution in [0.3, 0.4) is 0 Å². The van der Waals surface area contributed by atoms with Crippen molar-refractivity contribution in [3.8, 4) is 11.8 Å². The van der Waals surface area contributed by atoms with Crippen LogP contribution in [0.15, 0.2) is 0 Å². The molecular weight excluding hydrogens is 324 g/mol. The molecule has 4 N–H and O–H groups in total. The van der Waals surface area contributed by atoms with E-state index in [2.05, 4.69) is 17.2 Å². The lowest BCUT2D eigenvalue weighted by Gasteiger charge is -2.15. The fraction of sp³-hybridized carbons (Fsp3) is 0.778. The summed E-state index contributed by atoms with van der Waals surface area (Å²) >= 11 is 0. The predicted octanol–water partition coefficient (Wildman–Crippen LogP) is 2.04. The minimum atomic E-state index is -1.00. The molecule has 2 unspecified atom stereocenters. The number of carboxylic acids is 1. The molecule has 0 aromatic heterocycles. The molecule has 0 fully saturated rings. The third-order valence-corrected chi connectivity index (χ3v) is 3.98. The first-order chi connectivity index (χ1) is 12.1. The van der Waals surface area contributed by atoms with Crippen molar-refractivity contribution in [1.82, 2.24) is 5.32 Å². The highest BCUT2D eigenvalue weighted by molar-refractivity contribution is 5.72. The second-order valence-electron chi connectivity index (χ2n) is 6.15. The minimum Gasteiger partial charge on any atom is -0.480 e. The Bertz CT molecular complexity index is 458. The lowest BCUT2D eigenvalue weighted by atomic mass is 10.1. The van der Waals surface area contributed by atoms with E-state index < -0.39 is 18.1 Å². The molecule has 142 valence electrons. The van der Waals surface area contributed by atoms with Crippen molar-refractivity contribution in [3.63, 3.8) is 0 Å². The van der Waals surface area contributed by atoms with Gasteiger partial charge in [0.25, 0.3) is 0 Å². The number of alkyl carbamates (subject to hydrolysis) is 1. The van der Waals surface area contributed by atoms with E-state index in [1.165, 1.54) is 6.42 Å².